The van der Waals surface area contributed by atoms with Gasteiger partial charge in [-0.05, 0) is 59.7 Å². The van der Waals surface area contributed by atoms with Gasteiger partial charge in [-0.1, -0.05) is 24.8 Å². The summed E-state index contributed by atoms with van der Waals surface area (Å²) in [6.07, 6.45) is 3.63. The van der Waals surface area contributed by atoms with Crippen LogP contribution >= 0.6 is 0 Å². The Balaban J connectivity index is 1.65. The van der Waals surface area contributed by atoms with Gasteiger partial charge in [-0.15, -0.1) is 0 Å². The fraction of sp³-hybridized carbons (Fsp3) is 0.417. The second-order valence-corrected chi connectivity index (χ2v) is 7.43. The van der Waals surface area contributed by atoms with Crippen molar-refractivity contribution in [2.24, 2.45) is 5.92 Å². The van der Waals surface area contributed by atoms with E-state index in [2.05, 4.69) is 41.5 Å². The molecule has 3 rings (SSSR count). The van der Waals surface area contributed by atoms with E-state index >= 15 is 0 Å². The quantitative estimate of drug-likeness (QED) is 0.539. The normalized spacial score (nSPS) is 13.6. The summed E-state index contributed by atoms with van der Waals surface area (Å²) in [5.41, 5.74) is 3.74. The molecule has 5 nitrogen and oxygen atoms in total. The van der Waals surface area contributed by atoms with E-state index < -0.39 is 0 Å². The number of benzene rings is 2. The number of hydrogen-bond donors (Lipinski definition) is 2. The average Bonchev–Trinajstić information content (AvgIpc) is 2.72. The maximum absolute atomic E-state index is 5.82. The Bertz CT molecular complexity index is 803. The summed E-state index contributed by atoms with van der Waals surface area (Å²) in [7, 11) is 3.32. The predicted octanol–water partition coefficient (Wildman–Crippen LogP) is 3.36. The summed E-state index contributed by atoms with van der Waals surface area (Å²) in [6, 6.07) is 12.6. The first-order valence-corrected chi connectivity index (χ1v) is 10.2. The van der Waals surface area contributed by atoms with Crippen LogP contribution in [0.2, 0.25) is 0 Å². The van der Waals surface area contributed by atoms with E-state index in [1.165, 1.54) is 16.7 Å². The molecule has 156 valence electrons. The minimum Gasteiger partial charge on any atom is -0.493 e. The first-order chi connectivity index (χ1) is 14.2. The van der Waals surface area contributed by atoms with Crippen LogP contribution in [-0.2, 0) is 19.4 Å². The number of nitrogens with one attached hydrogen (secondary N) is 2. The third-order valence-electron chi connectivity index (χ3n) is 5.17. The maximum atomic E-state index is 5.82. The predicted molar refractivity (Wildman–Crippen MR) is 117 cm³/mol. The van der Waals surface area contributed by atoms with Gasteiger partial charge in [0, 0.05) is 26.2 Å². The van der Waals surface area contributed by atoms with Crippen molar-refractivity contribution in [2.75, 3.05) is 40.5 Å². The van der Waals surface area contributed by atoms with E-state index in [1.807, 2.05) is 12.1 Å². The van der Waals surface area contributed by atoms with Crippen LogP contribution in [0.3, 0.4) is 0 Å². The zero-order valence-corrected chi connectivity index (χ0v) is 17.5. The molecule has 1 heterocycles. The molecule has 0 spiro atoms. The monoisotopic (exact) mass is 396 g/mol. The lowest BCUT2D eigenvalue weighted by Crippen LogP contribution is -2.47. The molecule has 0 aliphatic carbocycles. The highest BCUT2D eigenvalue weighted by Gasteiger charge is 2.15. The fourth-order valence-electron chi connectivity index (χ4n) is 3.45. The summed E-state index contributed by atoms with van der Waals surface area (Å²) < 4.78 is 16.6. The van der Waals surface area contributed by atoms with Crippen LogP contribution in [0.15, 0.2) is 49.1 Å². The molecule has 1 aliphatic heterocycles. The van der Waals surface area contributed by atoms with Crippen LogP contribution in [0.4, 0.5) is 0 Å². The van der Waals surface area contributed by atoms with E-state index in [1.54, 1.807) is 20.3 Å². The van der Waals surface area contributed by atoms with Gasteiger partial charge >= 0.3 is 0 Å². The molecule has 0 saturated carbocycles. The minimum absolute atomic E-state index is 0.514. The lowest BCUT2D eigenvalue weighted by molar-refractivity contribution is 0.331. The third kappa shape index (κ3) is 6.24. The molecular formula is C24H32N2O3. The Morgan fingerprint density at radius 3 is 2.45 bits per heavy atom. The van der Waals surface area contributed by atoms with Gasteiger partial charge in [0.25, 0.3) is 0 Å². The van der Waals surface area contributed by atoms with Crippen molar-refractivity contribution in [3.63, 3.8) is 0 Å². The van der Waals surface area contributed by atoms with Gasteiger partial charge in [0.15, 0.2) is 11.5 Å². The number of methoxy groups -OCH3 is 2. The Kier molecular flexibility index (Phi) is 7.96. The largest absolute Gasteiger partial charge is 0.493 e. The van der Waals surface area contributed by atoms with Gasteiger partial charge in [0.1, 0.15) is 12.4 Å². The summed E-state index contributed by atoms with van der Waals surface area (Å²) in [6.45, 7) is 8.39. The molecule has 0 radical (unpaired) electrons. The van der Waals surface area contributed by atoms with Crippen molar-refractivity contribution < 1.29 is 14.2 Å². The molecule has 29 heavy (non-hydrogen) atoms. The molecule has 2 aromatic rings. The van der Waals surface area contributed by atoms with Gasteiger partial charge in [0.05, 0.1) is 14.2 Å². The molecule has 1 aliphatic rings. The van der Waals surface area contributed by atoms with Crippen LogP contribution in [0, 0.1) is 5.92 Å². The van der Waals surface area contributed by atoms with E-state index in [4.69, 9.17) is 14.2 Å². The zero-order valence-electron chi connectivity index (χ0n) is 17.5. The minimum atomic E-state index is 0.514. The molecular weight excluding hydrogens is 364 g/mol. The zero-order chi connectivity index (χ0) is 20.5. The van der Waals surface area contributed by atoms with Crippen LogP contribution in [-0.4, -0.2) is 40.5 Å². The molecule has 0 unspecified atom stereocenters. The van der Waals surface area contributed by atoms with Crippen LogP contribution in [0.25, 0.3) is 0 Å². The summed E-state index contributed by atoms with van der Waals surface area (Å²) >= 11 is 0. The molecule has 5 heteroatoms. The number of ether oxygens (including phenoxy) is 3. The van der Waals surface area contributed by atoms with Crippen molar-refractivity contribution >= 4 is 0 Å². The van der Waals surface area contributed by atoms with Gasteiger partial charge in [0.2, 0.25) is 0 Å². The molecule has 0 amide bonds. The molecule has 1 fully saturated rings. The summed E-state index contributed by atoms with van der Waals surface area (Å²) in [5.74, 6) is 3.17. The van der Waals surface area contributed by atoms with Crippen molar-refractivity contribution in [2.45, 2.75) is 19.4 Å². The molecule has 0 aromatic heterocycles. The highest BCUT2D eigenvalue weighted by molar-refractivity contribution is 5.43. The lowest BCUT2D eigenvalue weighted by Gasteiger charge is -2.27. The Morgan fingerprint density at radius 1 is 1.00 bits per heavy atom. The van der Waals surface area contributed by atoms with Gasteiger partial charge in [-0.25, -0.2) is 0 Å². The Labute approximate surface area is 174 Å². The van der Waals surface area contributed by atoms with Crippen LogP contribution in [0.5, 0.6) is 17.2 Å². The first kappa shape index (κ1) is 21.2. The van der Waals surface area contributed by atoms with E-state index in [0.717, 1.165) is 62.2 Å². The van der Waals surface area contributed by atoms with Crippen molar-refractivity contribution in [1.82, 2.24) is 10.6 Å². The molecule has 0 bridgehead atoms. The summed E-state index contributed by atoms with van der Waals surface area (Å²) in [4.78, 5) is 0. The molecule has 2 aromatic carbocycles. The van der Waals surface area contributed by atoms with E-state index in [9.17, 15) is 0 Å². The summed E-state index contributed by atoms with van der Waals surface area (Å²) in [5, 5.41) is 6.88. The number of rotatable bonds is 12. The van der Waals surface area contributed by atoms with Crippen molar-refractivity contribution in [1.29, 1.82) is 0 Å². The fourth-order valence-corrected chi connectivity index (χ4v) is 3.45. The Morgan fingerprint density at radius 2 is 1.76 bits per heavy atom. The van der Waals surface area contributed by atoms with Crippen molar-refractivity contribution in [3.05, 3.63) is 65.7 Å². The van der Waals surface area contributed by atoms with Crippen LogP contribution < -0.4 is 24.8 Å². The molecule has 0 atom stereocenters. The topological polar surface area (TPSA) is 51.8 Å². The second-order valence-electron chi connectivity index (χ2n) is 7.43. The SMILES string of the molecule is C=CCOc1cc(CCc2ccc(OC)c(OC)c2)cc(CNCC2CNC2)c1. The third-order valence-corrected chi connectivity index (χ3v) is 5.17. The van der Waals surface area contributed by atoms with Crippen molar-refractivity contribution in [3.8, 4) is 17.2 Å². The number of hydrogen-bond acceptors (Lipinski definition) is 5. The highest BCUT2D eigenvalue weighted by Crippen LogP contribution is 2.28. The highest BCUT2D eigenvalue weighted by atomic mass is 16.5. The molecule has 2 N–H and O–H groups in total. The van der Waals surface area contributed by atoms with E-state index in [0.29, 0.717) is 6.61 Å². The van der Waals surface area contributed by atoms with Gasteiger partial charge < -0.3 is 24.8 Å². The standard InChI is InChI=1S/C24H32N2O3/c1-4-9-29-22-11-19(10-20(12-22)14-25-15-21-16-26-17-21)6-5-18-7-8-23(27-2)24(13-18)28-3/h4,7-8,10-13,21,25-26H,1,5-6,9,14-17H2,2-3H3. The average molecular weight is 397 g/mol. The van der Waals surface area contributed by atoms with E-state index in [-0.39, 0.29) is 0 Å². The maximum Gasteiger partial charge on any atom is 0.160 e. The first-order valence-electron chi connectivity index (χ1n) is 10.2. The second kappa shape index (κ2) is 10.9. The molecule has 1 saturated heterocycles. The number of aryl methyl sites for hydroxylation is 2. The lowest BCUT2D eigenvalue weighted by atomic mass is 10.0. The van der Waals surface area contributed by atoms with Crippen LogP contribution in [0.1, 0.15) is 16.7 Å². The Hall–Kier alpha value is -2.50. The van der Waals surface area contributed by atoms with Gasteiger partial charge in [-0.3, -0.25) is 0 Å². The smallest absolute Gasteiger partial charge is 0.160 e. The van der Waals surface area contributed by atoms with Gasteiger partial charge in [-0.2, -0.15) is 0 Å².